The van der Waals surface area contributed by atoms with Crippen LogP contribution in [0.2, 0.25) is 0 Å². The zero-order valence-corrected chi connectivity index (χ0v) is 15.2. The van der Waals surface area contributed by atoms with Gasteiger partial charge in [0.1, 0.15) is 5.65 Å². The van der Waals surface area contributed by atoms with Gasteiger partial charge in [0, 0.05) is 6.20 Å². The van der Waals surface area contributed by atoms with E-state index in [-0.39, 0.29) is 17.3 Å². The van der Waals surface area contributed by atoms with Crippen molar-refractivity contribution in [2.45, 2.75) is 38.1 Å². The second kappa shape index (κ2) is 6.19. The molecule has 3 aromatic rings. The number of hydrogen-bond acceptors (Lipinski definition) is 5. The van der Waals surface area contributed by atoms with Crippen LogP contribution in [0.25, 0.3) is 5.65 Å². The zero-order valence-electron chi connectivity index (χ0n) is 15.2. The van der Waals surface area contributed by atoms with Crippen LogP contribution in [0.15, 0.2) is 53.5 Å². The molecule has 0 spiro atoms. The van der Waals surface area contributed by atoms with E-state index in [1.807, 2.05) is 18.2 Å². The van der Waals surface area contributed by atoms with Gasteiger partial charge in [-0.2, -0.15) is 0 Å². The van der Waals surface area contributed by atoms with Gasteiger partial charge in [0.05, 0.1) is 11.0 Å². The normalized spacial score (nSPS) is 18.1. The summed E-state index contributed by atoms with van der Waals surface area (Å²) in [6.45, 7) is 4.40. The quantitative estimate of drug-likeness (QED) is 0.563. The Labute approximate surface area is 155 Å². The highest BCUT2D eigenvalue weighted by atomic mass is 16.6. The number of fused-ring (bicyclic) bond motifs is 2. The number of nitro groups is 1. The third-order valence-corrected chi connectivity index (χ3v) is 5.33. The first-order valence-corrected chi connectivity index (χ1v) is 8.90. The standard InChI is InChI=1S/C20H20N4O3/c1-20(2)11-10-15(13-7-3-4-8-14(13)20)21-18-17(24(26)27)19(25)23-12-6-5-9-16(23)22-18/h3-9,12,15,21H,10-11H2,1-2H3. The summed E-state index contributed by atoms with van der Waals surface area (Å²) in [6.07, 6.45) is 3.22. The molecule has 0 saturated heterocycles. The monoisotopic (exact) mass is 364 g/mol. The summed E-state index contributed by atoms with van der Waals surface area (Å²) in [5.41, 5.74) is 1.52. The van der Waals surface area contributed by atoms with Crippen LogP contribution >= 0.6 is 0 Å². The van der Waals surface area contributed by atoms with Crippen molar-refractivity contribution in [3.8, 4) is 0 Å². The molecular weight excluding hydrogens is 344 g/mol. The minimum Gasteiger partial charge on any atom is -0.357 e. The van der Waals surface area contributed by atoms with E-state index in [0.29, 0.717) is 5.65 Å². The number of benzene rings is 1. The predicted molar refractivity (Wildman–Crippen MR) is 103 cm³/mol. The number of nitrogens with zero attached hydrogens (tertiary/aromatic N) is 3. The first-order valence-electron chi connectivity index (χ1n) is 8.90. The number of rotatable bonds is 3. The van der Waals surface area contributed by atoms with E-state index in [1.54, 1.807) is 18.2 Å². The Balaban J connectivity index is 1.84. The largest absolute Gasteiger partial charge is 0.376 e. The first-order chi connectivity index (χ1) is 12.9. The van der Waals surface area contributed by atoms with Crippen LogP contribution < -0.4 is 10.9 Å². The minimum absolute atomic E-state index is 0.0238. The van der Waals surface area contributed by atoms with Gasteiger partial charge in [-0.3, -0.25) is 19.3 Å². The average Bonchev–Trinajstić information content (AvgIpc) is 2.64. The van der Waals surface area contributed by atoms with Gasteiger partial charge in [-0.15, -0.1) is 0 Å². The summed E-state index contributed by atoms with van der Waals surface area (Å²) >= 11 is 0. The lowest BCUT2D eigenvalue weighted by atomic mass is 9.71. The smallest absolute Gasteiger partial charge is 0.357 e. The fraction of sp³-hybridized carbons (Fsp3) is 0.300. The third-order valence-electron chi connectivity index (χ3n) is 5.33. The molecule has 1 aliphatic carbocycles. The highest BCUT2D eigenvalue weighted by molar-refractivity contribution is 5.61. The maximum Gasteiger partial charge on any atom is 0.376 e. The summed E-state index contributed by atoms with van der Waals surface area (Å²) in [7, 11) is 0. The zero-order chi connectivity index (χ0) is 19.2. The van der Waals surface area contributed by atoms with Crippen molar-refractivity contribution < 1.29 is 4.92 Å². The van der Waals surface area contributed by atoms with Crippen LogP contribution in [-0.4, -0.2) is 14.3 Å². The molecule has 7 nitrogen and oxygen atoms in total. The van der Waals surface area contributed by atoms with Crippen LogP contribution in [0.3, 0.4) is 0 Å². The molecule has 0 bridgehead atoms. The topological polar surface area (TPSA) is 89.5 Å². The van der Waals surface area contributed by atoms with Crippen LogP contribution in [0.1, 0.15) is 43.9 Å². The molecule has 1 aliphatic rings. The highest BCUT2D eigenvalue weighted by Gasteiger charge is 2.34. The Hall–Kier alpha value is -3.22. The van der Waals surface area contributed by atoms with Gasteiger partial charge in [-0.05, 0) is 41.5 Å². The second-order valence-corrected chi connectivity index (χ2v) is 7.51. The van der Waals surface area contributed by atoms with E-state index in [0.717, 1.165) is 18.4 Å². The second-order valence-electron chi connectivity index (χ2n) is 7.51. The van der Waals surface area contributed by atoms with Gasteiger partial charge in [0.2, 0.25) is 5.82 Å². The minimum atomic E-state index is -0.683. The third kappa shape index (κ3) is 2.85. The van der Waals surface area contributed by atoms with Crippen LogP contribution in [0.4, 0.5) is 11.5 Å². The van der Waals surface area contributed by atoms with E-state index < -0.39 is 16.2 Å². The fourth-order valence-electron chi connectivity index (χ4n) is 3.87. The van der Waals surface area contributed by atoms with Gasteiger partial charge >= 0.3 is 11.2 Å². The average molecular weight is 364 g/mol. The maximum atomic E-state index is 12.6. The van der Waals surface area contributed by atoms with Crippen LogP contribution in [-0.2, 0) is 5.41 Å². The fourth-order valence-corrected chi connectivity index (χ4v) is 3.87. The molecule has 0 radical (unpaired) electrons. The summed E-state index contributed by atoms with van der Waals surface area (Å²) in [5.74, 6) is 0.0238. The van der Waals surface area contributed by atoms with Crippen LogP contribution in [0, 0.1) is 10.1 Å². The summed E-state index contributed by atoms with van der Waals surface area (Å²) in [4.78, 5) is 27.9. The van der Waals surface area contributed by atoms with Crippen LogP contribution in [0.5, 0.6) is 0 Å². The highest BCUT2D eigenvalue weighted by Crippen LogP contribution is 2.42. The number of aromatic nitrogens is 2. The number of nitrogens with one attached hydrogen (secondary N) is 1. The molecule has 0 amide bonds. The van der Waals surface area contributed by atoms with E-state index in [9.17, 15) is 14.9 Å². The molecule has 4 rings (SSSR count). The van der Waals surface area contributed by atoms with E-state index >= 15 is 0 Å². The molecule has 1 atom stereocenters. The van der Waals surface area contributed by atoms with Crippen molar-refractivity contribution in [3.05, 3.63) is 80.3 Å². The molecule has 27 heavy (non-hydrogen) atoms. The molecule has 1 N–H and O–H groups in total. The lowest BCUT2D eigenvalue weighted by molar-refractivity contribution is -0.385. The van der Waals surface area contributed by atoms with Crippen molar-refractivity contribution in [3.63, 3.8) is 0 Å². The molecule has 1 unspecified atom stereocenters. The van der Waals surface area contributed by atoms with Crippen molar-refractivity contribution in [1.82, 2.24) is 9.38 Å². The molecular formula is C20H20N4O3. The Morgan fingerprint density at radius 3 is 2.74 bits per heavy atom. The van der Waals surface area contributed by atoms with Crippen molar-refractivity contribution in [2.24, 2.45) is 0 Å². The van der Waals surface area contributed by atoms with E-state index in [1.165, 1.54) is 16.2 Å². The SMILES string of the molecule is CC1(C)CCC(Nc2nc3ccccn3c(=O)c2[N+](=O)[O-])c2ccccc21. The molecule has 2 aromatic heterocycles. The molecule has 0 saturated carbocycles. The molecule has 138 valence electrons. The molecule has 0 aliphatic heterocycles. The predicted octanol–water partition coefficient (Wildman–Crippen LogP) is 3.83. The summed E-state index contributed by atoms with van der Waals surface area (Å²) < 4.78 is 1.20. The molecule has 2 heterocycles. The summed E-state index contributed by atoms with van der Waals surface area (Å²) in [6, 6.07) is 13.0. The summed E-state index contributed by atoms with van der Waals surface area (Å²) in [5, 5.41) is 14.8. The maximum absolute atomic E-state index is 12.6. The number of anilines is 1. The lowest BCUT2D eigenvalue weighted by Crippen LogP contribution is -2.30. The molecule has 0 fully saturated rings. The van der Waals surface area contributed by atoms with Crippen molar-refractivity contribution in [1.29, 1.82) is 0 Å². The lowest BCUT2D eigenvalue weighted by Gasteiger charge is -2.37. The Bertz CT molecular complexity index is 1100. The Kier molecular flexibility index (Phi) is 3.95. The van der Waals surface area contributed by atoms with Gasteiger partial charge in [0.15, 0.2) is 0 Å². The van der Waals surface area contributed by atoms with E-state index in [2.05, 4.69) is 30.2 Å². The Morgan fingerprint density at radius 2 is 1.96 bits per heavy atom. The van der Waals surface area contributed by atoms with Crippen molar-refractivity contribution >= 4 is 17.2 Å². The van der Waals surface area contributed by atoms with Gasteiger partial charge in [-0.25, -0.2) is 4.98 Å². The Morgan fingerprint density at radius 1 is 1.22 bits per heavy atom. The van der Waals surface area contributed by atoms with Gasteiger partial charge < -0.3 is 5.32 Å². The number of pyridine rings is 1. The molecule has 7 heteroatoms. The first kappa shape index (κ1) is 17.2. The van der Waals surface area contributed by atoms with Gasteiger partial charge in [0.25, 0.3) is 0 Å². The molecule has 1 aromatic carbocycles. The number of hydrogen-bond donors (Lipinski definition) is 1. The van der Waals surface area contributed by atoms with Gasteiger partial charge in [-0.1, -0.05) is 44.2 Å². The van der Waals surface area contributed by atoms with Crippen molar-refractivity contribution in [2.75, 3.05) is 5.32 Å². The van der Waals surface area contributed by atoms with E-state index in [4.69, 9.17) is 0 Å².